The molecule has 5 N–H and O–H groups in total. The number of nitrogens with one attached hydrogen (secondary N) is 1. The third kappa shape index (κ3) is 3.32. The van der Waals surface area contributed by atoms with Gasteiger partial charge in [-0.15, -0.1) is 0 Å². The maximum atomic E-state index is 12.3. The van der Waals surface area contributed by atoms with E-state index < -0.39 is 15.9 Å². The summed E-state index contributed by atoms with van der Waals surface area (Å²) in [5.41, 5.74) is 12.3. The number of nitrogens with two attached hydrogens (primary N) is 2. The molecule has 0 saturated carbocycles. The summed E-state index contributed by atoms with van der Waals surface area (Å²) in [6.45, 7) is 1.68. The van der Waals surface area contributed by atoms with E-state index >= 15 is 0 Å². The van der Waals surface area contributed by atoms with Crippen molar-refractivity contribution in [2.24, 2.45) is 5.73 Å². The SMILES string of the molecule is Cc1ccc(N)cc1S(=O)(=O)Nc1ccc(C(N)=O)cc1. The predicted octanol–water partition coefficient (Wildman–Crippen LogP) is 1.48. The number of nitrogen functional groups attached to an aromatic ring is 1. The van der Waals surface area contributed by atoms with Crippen LogP contribution in [0.3, 0.4) is 0 Å². The van der Waals surface area contributed by atoms with Gasteiger partial charge in [-0.05, 0) is 48.9 Å². The number of amides is 1. The minimum absolute atomic E-state index is 0.112. The number of hydrogen-bond donors (Lipinski definition) is 3. The molecule has 0 saturated heterocycles. The Morgan fingerprint density at radius 2 is 1.71 bits per heavy atom. The molecule has 0 aromatic heterocycles. The molecule has 0 spiro atoms. The molecule has 0 aliphatic carbocycles. The van der Waals surface area contributed by atoms with Gasteiger partial charge < -0.3 is 11.5 Å². The molecule has 0 radical (unpaired) electrons. The highest BCUT2D eigenvalue weighted by molar-refractivity contribution is 7.92. The van der Waals surface area contributed by atoms with Crippen molar-refractivity contribution in [1.29, 1.82) is 0 Å². The summed E-state index contributed by atoms with van der Waals surface area (Å²) in [6, 6.07) is 10.5. The van der Waals surface area contributed by atoms with Gasteiger partial charge in [-0.2, -0.15) is 0 Å². The van der Waals surface area contributed by atoms with E-state index in [-0.39, 0.29) is 4.90 Å². The van der Waals surface area contributed by atoms with E-state index in [0.717, 1.165) is 0 Å². The Bertz CT molecular complexity index is 784. The molecule has 2 rings (SSSR count). The van der Waals surface area contributed by atoms with Crippen LogP contribution in [0.5, 0.6) is 0 Å². The van der Waals surface area contributed by atoms with Crippen LogP contribution in [-0.4, -0.2) is 14.3 Å². The molecule has 6 nitrogen and oxygen atoms in total. The van der Waals surface area contributed by atoms with E-state index in [1.54, 1.807) is 19.1 Å². The smallest absolute Gasteiger partial charge is 0.262 e. The minimum Gasteiger partial charge on any atom is -0.399 e. The van der Waals surface area contributed by atoms with E-state index in [1.807, 2.05) is 0 Å². The number of benzene rings is 2. The Hall–Kier alpha value is -2.54. The van der Waals surface area contributed by atoms with E-state index in [9.17, 15) is 13.2 Å². The van der Waals surface area contributed by atoms with Crippen LogP contribution in [0.15, 0.2) is 47.4 Å². The Balaban J connectivity index is 2.33. The van der Waals surface area contributed by atoms with Gasteiger partial charge in [0.2, 0.25) is 5.91 Å². The number of rotatable bonds is 4. The highest BCUT2D eigenvalue weighted by atomic mass is 32.2. The van der Waals surface area contributed by atoms with Gasteiger partial charge in [0, 0.05) is 16.9 Å². The second-order valence-electron chi connectivity index (χ2n) is 4.57. The largest absolute Gasteiger partial charge is 0.399 e. The highest BCUT2D eigenvalue weighted by Gasteiger charge is 2.17. The lowest BCUT2D eigenvalue weighted by Gasteiger charge is -2.11. The van der Waals surface area contributed by atoms with Crippen molar-refractivity contribution < 1.29 is 13.2 Å². The number of carbonyl (C=O) groups is 1. The van der Waals surface area contributed by atoms with Crippen molar-refractivity contribution in [2.45, 2.75) is 11.8 Å². The number of aryl methyl sites for hydroxylation is 1. The van der Waals surface area contributed by atoms with Crippen molar-refractivity contribution >= 4 is 27.3 Å². The summed E-state index contributed by atoms with van der Waals surface area (Å²) in [6.07, 6.45) is 0. The molecule has 0 unspecified atom stereocenters. The van der Waals surface area contributed by atoms with Gasteiger partial charge in [0.05, 0.1) is 4.90 Å². The van der Waals surface area contributed by atoms with Crippen molar-refractivity contribution in [3.8, 4) is 0 Å². The van der Waals surface area contributed by atoms with Crippen molar-refractivity contribution in [3.05, 3.63) is 53.6 Å². The molecule has 7 heteroatoms. The normalized spacial score (nSPS) is 11.1. The van der Waals surface area contributed by atoms with Crippen LogP contribution in [0.2, 0.25) is 0 Å². The summed E-state index contributed by atoms with van der Waals surface area (Å²) < 4.78 is 27.1. The summed E-state index contributed by atoms with van der Waals surface area (Å²) >= 11 is 0. The quantitative estimate of drug-likeness (QED) is 0.742. The Morgan fingerprint density at radius 1 is 1.10 bits per heavy atom. The second-order valence-corrected chi connectivity index (χ2v) is 6.22. The molecular formula is C14H15N3O3S. The lowest BCUT2D eigenvalue weighted by atomic mass is 10.2. The Morgan fingerprint density at radius 3 is 2.29 bits per heavy atom. The first-order valence-electron chi connectivity index (χ1n) is 6.08. The lowest BCUT2D eigenvalue weighted by Crippen LogP contribution is -2.15. The van der Waals surface area contributed by atoms with Crippen LogP contribution >= 0.6 is 0 Å². The van der Waals surface area contributed by atoms with Gasteiger partial charge in [0.25, 0.3) is 10.0 Å². The van der Waals surface area contributed by atoms with Crippen molar-refractivity contribution in [3.63, 3.8) is 0 Å². The Labute approximate surface area is 122 Å². The average Bonchev–Trinajstić information content (AvgIpc) is 2.41. The first-order chi connectivity index (χ1) is 9.79. The highest BCUT2D eigenvalue weighted by Crippen LogP contribution is 2.21. The summed E-state index contributed by atoms with van der Waals surface area (Å²) in [4.78, 5) is 11.1. The Kier molecular flexibility index (Phi) is 3.86. The van der Waals surface area contributed by atoms with Crippen LogP contribution in [-0.2, 0) is 10.0 Å². The molecule has 0 aliphatic rings. The lowest BCUT2D eigenvalue weighted by molar-refractivity contribution is 0.100. The first-order valence-corrected chi connectivity index (χ1v) is 7.57. The van der Waals surface area contributed by atoms with Gasteiger partial charge in [-0.3, -0.25) is 9.52 Å². The third-order valence-electron chi connectivity index (χ3n) is 2.92. The number of primary amides is 1. The molecule has 0 bridgehead atoms. The fourth-order valence-corrected chi connectivity index (χ4v) is 3.16. The molecule has 0 atom stereocenters. The van der Waals surface area contributed by atoms with Crippen LogP contribution < -0.4 is 16.2 Å². The summed E-state index contributed by atoms with van der Waals surface area (Å²) in [5, 5.41) is 0. The molecular weight excluding hydrogens is 290 g/mol. The average molecular weight is 305 g/mol. The minimum atomic E-state index is -3.75. The van der Waals surface area contributed by atoms with Crippen LogP contribution in [0.25, 0.3) is 0 Å². The van der Waals surface area contributed by atoms with Gasteiger partial charge in [0.1, 0.15) is 0 Å². The van der Waals surface area contributed by atoms with E-state index in [4.69, 9.17) is 11.5 Å². The number of anilines is 2. The summed E-state index contributed by atoms with van der Waals surface area (Å²) in [5.74, 6) is -0.573. The third-order valence-corrected chi connectivity index (χ3v) is 4.45. The first kappa shape index (κ1) is 14.9. The van der Waals surface area contributed by atoms with Crippen LogP contribution in [0, 0.1) is 6.92 Å². The standard InChI is InChI=1S/C14H15N3O3S/c1-9-2-5-11(15)8-13(9)21(19,20)17-12-6-3-10(4-7-12)14(16)18/h2-8,17H,15H2,1H3,(H2,16,18). The zero-order valence-corrected chi connectivity index (χ0v) is 12.1. The zero-order chi connectivity index (χ0) is 15.6. The topological polar surface area (TPSA) is 115 Å². The maximum Gasteiger partial charge on any atom is 0.262 e. The molecule has 2 aromatic carbocycles. The van der Waals surface area contributed by atoms with Gasteiger partial charge in [-0.25, -0.2) is 8.42 Å². The fraction of sp³-hybridized carbons (Fsp3) is 0.0714. The van der Waals surface area contributed by atoms with Gasteiger partial charge >= 0.3 is 0 Å². The van der Waals surface area contributed by atoms with E-state index in [1.165, 1.54) is 30.3 Å². The molecule has 0 fully saturated rings. The number of carbonyl (C=O) groups excluding carboxylic acids is 1. The van der Waals surface area contributed by atoms with Crippen molar-refractivity contribution in [1.82, 2.24) is 0 Å². The number of hydrogen-bond acceptors (Lipinski definition) is 4. The van der Waals surface area contributed by atoms with Crippen LogP contribution in [0.4, 0.5) is 11.4 Å². The zero-order valence-electron chi connectivity index (χ0n) is 11.3. The van der Waals surface area contributed by atoms with E-state index in [2.05, 4.69) is 4.72 Å². The van der Waals surface area contributed by atoms with E-state index in [0.29, 0.717) is 22.5 Å². The second kappa shape index (κ2) is 5.45. The van der Waals surface area contributed by atoms with Crippen LogP contribution in [0.1, 0.15) is 15.9 Å². The van der Waals surface area contributed by atoms with Gasteiger partial charge in [-0.1, -0.05) is 6.07 Å². The molecule has 0 aliphatic heterocycles. The molecule has 1 amide bonds. The maximum absolute atomic E-state index is 12.3. The molecule has 110 valence electrons. The number of sulfonamides is 1. The molecule has 2 aromatic rings. The molecule has 0 heterocycles. The summed E-state index contributed by atoms with van der Waals surface area (Å²) in [7, 11) is -3.75. The predicted molar refractivity (Wildman–Crippen MR) is 81.4 cm³/mol. The van der Waals surface area contributed by atoms with Crippen molar-refractivity contribution in [2.75, 3.05) is 10.5 Å². The fourth-order valence-electron chi connectivity index (χ4n) is 1.82. The van der Waals surface area contributed by atoms with Gasteiger partial charge in [0.15, 0.2) is 0 Å². The monoisotopic (exact) mass is 305 g/mol. The molecule has 21 heavy (non-hydrogen) atoms.